The van der Waals surface area contributed by atoms with Gasteiger partial charge < -0.3 is 4.74 Å². The van der Waals surface area contributed by atoms with Gasteiger partial charge in [-0.2, -0.15) is 5.10 Å². The number of aromatic nitrogens is 2. The molecule has 1 rings (SSSR count). The van der Waals surface area contributed by atoms with Crippen molar-refractivity contribution in [3.05, 3.63) is 10.8 Å². The van der Waals surface area contributed by atoms with Gasteiger partial charge in [-0.25, -0.2) is 13.1 Å². The Hall–Kier alpha value is -0.790. The molecule has 0 bridgehead atoms. The van der Waals surface area contributed by atoms with Crippen molar-refractivity contribution >= 4 is 37.3 Å². The van der Waals surface area contributed by atoms with Gasteiger partial charge in [0.15, 0.2) is 0 Å². The number of hydrogen-bond donors (Lipinski definition) is 0. The first-order chi connectivity index (χ1) is 8.81. The Labute approximate surface area is 121 Å². The molecule has 0 aliphatic rings. The third kappa shape index (κ3) is 4.09. The second kappa shape index (κ2) is 6.58. The molecular weight excluding hydrogens is 315 g/mol. The second-order valence-electron chi connectivity index (χ2n) is 3.72. The van der Waals surface area contributed by atoms with Crippen LogP contribution in [-0.2, 0) is 31.5 Å². The van der Waals surface area contributed by atoms with E-state index in [1.165, 1.54) is 0 Å². The average molecular weight is 329 g/mol. The first-order valence-corrected chi connectivity index (χ1v) is 8.35. The van der Waals surface area contributed by atoms with Crippen molar-refractivity contribution in [1.29, 1.82) is 0 Å². The van der Waals surface area contributed by atoms with Crippen molar-refractivity contribution in [3.63, 3.8) is 0 Å². The molecule has 0 saturated carbocycles. The van der Waals surface area contributed by atoms with Crippen LogP contribution in [0.4, 0.5) is 0 Å². The molecule has 19 heavy (non-hydrogen) atoms. The van der Waals surface area contributed by atoms with Crippen LogP contribution in [-0.4, -0.2) is 30.8 Å². The quantitative estimate of drug-likeness (QED) is 0.589. The highest BCUT2D eigenvalue weighted by Gasteiger charge is 2.26. The highest BCUT2D eigenvalue weighted by atomic mass is 35.7. The lowest BCUT2D eigenvalue weighted by molar-refractivity contribution is -0.144. The number of carbonyl (C=O) groups excluding carboxylic acids is 1. The monoisotopic (exact) mass is 328 g/mol. The van der Waals surface area contributed by atoms with Crippen LogP contribution in [0.15, 0.2) is 4.90 Å². The number of ether oxygens (including phenoxy) is 1. The molecule has 0 fully saturated rings. The number of hydrogen-bond acceptors (Lipinski definition) is 5. The topological polar surface area (TPSA) is 78.3 Å². The molecule has 0 N–H and O–H groups in total. The smallest absolute Gasteiger partial charge is 0.327 e. The minimum absolute atomic E-state index is 0.175. The largest absolute Gasteiger partial charge is 0.465 e. The van der Waals surface area contributed by atoms with Gasteiger partial charge in [0.1, 0.15) is 16.6 Å². The number of halogens is 2. The fourth-order valence-electron chi connectivity index (χ4n) is 1.55. The van der Waals surface area contributed by atoms with E-state index in [4.69, 9.17) is 27.0 Å². The van der Waals surface area contributed by atoms with Gasteiger partial charge in [-0.3, -0.25) is 4.79 Å². The van der Waals surface area contributed by atoms with Crippen LogP contribution in [0.1, 0.15) is 26.0 Å². The van der Waals surface area contributed by atoms with Crippen molar-refractivity contribution in [2.45, 2.75) is 38.1 Å². The summed E-state index contributed by atoms with van der Waals surface area (Å²) in [4.78, 5) is 11.1. The fraction of sp³-hybridized carbons (Fsp3) is 0.600. The Bertz CT molecular complexity index is 568. The normalized spacial score (nSPS) is 11.6. The Morgan fingerprint density at radius 3 is 2.53 bits per heavy atom. The Morgan fingerprint density at radius 1 is 1.42 bits per heavy atom. The molecule has 0 unspecified atom stereocenters. The summed E-state index contributed by atoms with van der Waals surface area (Å²) in [6.45, 7) is 3.50. The third-order valence-electron chi connectivity index (χ3n) is 2.23. The predicted octanol–water partition coefficient (Wildman–Crippen LogP) is 1.98. The van der Waals surface area contributed by atoms with Crippen LogP contribution >= 0.6 is 22.3 Å². The molecule has 108 valence electrons. The standard InChI is InChI=1S/C10H14Cl2N2O4S/c1-3-5-7-9(19(12,16)17)10(11)14(13-7)6-8(15)18-4-2/h3-6H2,1-2H3. The molecule has 9 heteroatoms. The molecule has 0 atom stereocenters. The Balaban J connectivity index is 3.18. The number of esters is 1. The molecule has 1 aromatic heterocycles. The summed E-state index contributed by atoms with van der Waals surface area (Å²) >= 11 is 5.92. The molecule has 0 aliphatic carbocycles. The van der Waals surface area contributed by atoms with E-state index in [0.717, 1.165) is 4.68 Å². The Kier molecular flexibility index (Phi) is 5.64. The summed E-state index contributed by atoms with van der Waals surface area (Å²) < 4.78 is 28.8. The summed E-state index contributed by atoms with van der Waals surface area (Å²) in [5.41, 5.74) is 0.256. The van der Waals surface area contributed by atoms with E-state index in [2.05, 4.69) is 5.10 Å². The minimum atomic E-state index is -4.01. The van der Waals surface area contributed by atoms with Crippen LogP contribution in [0.25, 0.3) is 0 Å². The minimum Gasteiger partial charge on any atom is -0.465 e. The van der Waals surface area contributed by atoms with E-state index in [0.29, 0.717) is 12.8 Å². The van der Waals surface area contributed by atoms with E-state index in [-0.39, 0.29) is 28.9 Å². The van der Waals surface area contributed by atoms with Gasteiger partial charge in [-0.05, 0) is 13.3 Å². The molecule has 1 heterocycles. The van der Waals surface area contributed by atoms with Gasteiger partial charge in [0, 0.05) is 10.7 Å². The van der Waals surface area contributed by atoms with Crippen molar-refractivity contribution in [1.82, 2.24) is 9.78 Å². The average Bonchev–Trinajstić information content (AvgIpc) is 2.55. The number of carbonyl (C=O) groups is 1. The molecule has 0 aromatic carbocycles. The highest BCUT2D eigenvalue weighted by molar-refractivity contribution is 8.13. The van der Waals surface area contributed by atoms with Crippen molar-refractivity contribution in [2.75, 3.05) is 6.61 Å². The molecule has 0 saturated heterocycles. The van der Waals surface area contributed by atoms with Crippen LogP contribution in [0.3, 0.4) is 0 Å². The van der Waals surface area contributed by atoms with Gasteiger partial charge in [0.25, 0.3) is 9.05 Å². The van der Waals surface area contributed by atoms with E-state index >= 15 is 0 Å². The molecular formula is C10H14Cl2N2O4S. The summed E-state index contributed by atoms with van der Waals surface area (Å²) in [5, 5.41) is 3.83. The highest BCUT2D eigenvalue weighted by Crippen LogP contribution is 2.29. The lowest BCUT2D eigenvalue weighted by atomic mass is 10.2. The maximum atomic E-state index is 11.5. The maximum absolute atomic E-state index is 11.5. The van der Waals surface area contributed by atoms with Crippen LogP contribution < -0.4 is 0 Å². The van der Waals surface area contributed by atoms with Crippen LogP contribution in [0.2, 0.25) is 5.15 Å². The van der Waals surface area contributed by atoms with Gasteiger partial charge in [-0.15, -0.1) is 0 Å². The molecule has 0 radical (unpaired) electrons. The molecule has 0 spiro atoms. The Morgan fingerprint density at radius 2 is 2.05 bits per heavy atom. The third-order valence-corrected chi connectivity index (χ3v) is 4.11. The zero-order valence-electron chi connectivity index (χ0n) is 10.5. The fourth-order valence-corrected chi connectivity index (χ4v) is 3.39. The van der Waals surface area contributed by atoms with Crippen molar-refractivity contribution in [3.8, 4) is 0 Å². The van der Waals surface area contributed by atoms with Gasteiger partial charge in [-0.1, -0.05) is 24.9 Å². The molecule has 1 aromatic rings. The summed E-state index contributed by atoms with van der Waals surface area (Å²) in [6.07, 6.45) is 1.07. The van der Waals surface area contributed by atoms with Gasteiger partial charge in [0.2, 0.25) is 0 Å². The van der Waals surface area contributed by atoms with E-state index in [1.807, 2.05) is 6.92 Å². The predicted molar refractivity (Wildman–Crippen MR) is 70.9 cm³/mol. The summed E-state index contributed by atoms with van der Waals surface area (Å²) in [7, 11) is 1.33. The lowest BCUT2D eigenvalue weighted by Crippen LogP contribution is -2.14. The SMILES string of the molecule is CCCc1nn(CC(=O)OCC)c(Cl)c1S(=O)(=O)Cl. The number of rotatable bonds is 6. The first-order valence-electron chi connectivity index (χ1n) is 5.66. The first kappa shape index (κ1) is 16.3. The van der Waals surface area contributed by atoms with Crippen molar-refractivity contribution < 1.29 is 17.9 Å². The lowest BCUT2D eigenvalue weighted by Gasteiger charge is -2.02. The maximum Gasteiger partial charge on any atom is 0.327 e. The van der Waals surface area contributed by atoms with Gasteiger partial charge >= 0.3 is 5.97 Å². The zero-order valence-corrected chi connectivity index (χ0v) is 12.8. The van der Waals surface area contributed by atoms with Gasteiger partial charge in [0.05, 0.1) is 12.3 Å². The summed E-state index contributed by atoms with van der Waals surface area (Å²) in [5.74, 6) is -0.548. The number of nitrogens with zero attached hydrogens (tertiary/aromatic N) is 2. The molecule has 6 nitrogen and oxygen atoms in total. The second-order valence-corrected chi connectivity index (χ2v) is 6.58. The number of aryl methyl sites for hydroxylation is 1. The zero-order chi connectivity index (χ0) is 14.6. The van der Waals surface area contributed by atoms with E-state index in [1.54, 1.807) is 6.92 Å². The van der Waals surface area contributed by atoms with Crippen LogP contribution in [0, 0.1) is 0 Å². The molecule has 0 amide bonds. The summed E-state index contributed by atoms with van der Waals surface area (Å²) in [6, 6.07) is 0. The van der Waals surface area contributed by atoms with E-state index in [9.17, 15) is 13.2 Å². The van der Waals surface area contributed by atoms with E-state index < -0.39 is 15.0 Å². The van der Waals surface area contributed by atoms with Crippen LogP contribution in [0.5, 0.6) is 0 Å². The molecule has 0 aliphatic heterocycles. The van der Waals surface area contributed by atoms with Crippen molar-refractivity contribution in [2.24, 2.45) is 0 Å².